The number of rotatable bonds is 3. The van der Waals surface area contributed by atoms with Crippen molar-refractivity contribution in [1.29, 1.82) is 0 Å². The smallest absolute Gasteiger partial charge is 0.326 e. The zero-order valence-corrected chi connectivity index (χ0v) is 10.9. The second kappa shape index (κ2) is 4.85. The van der Waals surface area contributed by atoms with E-state index in [9.17, 15) is 9.18 Å². The van der Waals surface area contributed by atoms with E-state index in [0.717, 1.165) is 11.1 Å². The van der Waals surface area contributed by atoms with Crippen LogP contribution in [0.3, 0.4) is 0 Å². The Morgan fingerprint density at radius 1 is 1.25 bits per heavy atom. The van der Waals surface area contributed by atoms with Crippen LogP contribution in [0.15, 0.2) is 47.3 Å². The number of aromatic amines is 1. The van der Waals surface area contributed by atoms with Crippen LogP contribution in [0.2, 0.25) is 0 Å². The van der Waals surface area contributed by atoms with Crippen molar-refractivity contribution in [1.82, 2.24) is 9.55 Å². The van der Waals surface area contributed by atoms with Gasteiger partial charge in [-0.3, -0.25) is 4.57 Å². The van der Waals surface area contributed by atoms with Crippen molar-refractivity contribution in [2.75, 3.05) is 7.11 Å². The van der Waals surface area contributed by atoms with E-state index in [1.54, 1.807) is 35.9 Å². The number of H-pyrrole nitrogens is 1. The molecule has 3 aromatic rings. The average molecular weight is 272 g/mol. The van der Waals surface area contributed by atoms with E-state index >= 15 is 0 Å². The van der Waals surface area contributed by atoms with Crippen LogP contribution in [0.1, 0.15) is 5.56 Å². The number of benzene rings is 2. The number of imidazole rings is 1. The minimum Gasteiger partial charge on any atom is -0.497 e. The summed E-state index contributed by atoms with van der Waals surface area (Å²) in [6, 6.07) is 11.6. The monoisotopic (exact) mass is 272 g/mol. The third-order valence-corrected chi connectivity index (χ3v) is 3.21. The molecule has 1 N–H and O–H groups in total. The van der Waals surface area contributed by atoms with E-state index < -0.39 is 0 Å². The van der Waals surface area contributed by atoms with E-state index in [2.05, 4.69) is 4.98 Å². The maximum Gasteiger partial charge on any atom is 0.326 e. The van der Waals surface area contributed by atoms with Crippen LogP contribution in [0.4, 0.5) is 4.39 Å². The minimum absolute atomic E-state index is 0.225. The van der Waals surface area contributed by atoms with Crippen LogP contribution in [-0.4, -0.2) is 16.7 Å². The van der Waals surface area contributed by atoms with Crippen LogP contribution in [-0.2, 0) is 6.54 Å². The minimum atomic E-state index is -0.308. The van der Waals surface area contributed by atoms with Crippen LogP contribution < -0.4 is 10.4 Å². The largest absolute Gasteiger partial charge is 0.497 e. The van der Waals surface area contributed by atoms with E-state index in [4.69, 9.17) is 4.74 Å². The van der Waals surface area contributed by atoms with Crippen LogP contribution >= 0.6 is 0 Å². The first-order chi connectivity index (χ1) is 9.67. The van der Waals surface area contributed by atoms with Gasteiger partial charge in [0, 0.05) is 6.07 Å². The predicted molar refractivity (Wildman–Crippen MR) is 74.6 cm³/mol. The summed E-state index contributed by atoms with van der Waals surface area (Å²) >= 11 is 0. The summed E-state index contributed by atoms with van der Waals surface area (Å²) in [5, 5.41) is 0. The van der Waals surface area contributed by atoms with Gasteiger partial charge in [-0.1, -0.05) is 12.1 Å². The lowest BCUT2D eigenvalue weighted by atomic mass is 10.2. The first kappa shape index (κ1) is 12.5. The highest BCUT2D eigenvalue weighted by molar-refractivity contribution is 5.77. The van der Waals surface area contributed by atoms with Gasteiger partial charge in [-0.2, -0.15) is 0 Å². The highest BCUT2D eigenvalue weighted by Gasteiger charge is 2.08. The number of nitrogens with one attached hydrogen (secondary N) is 1. The molecule has 0 saturated heterocycles. The lowest BCUT2D eigenvalue weighted by molar-refractivity contribution is 0.415. The molecule has 20 heavy (non-hydrogen) atoms. The number of methoxy groups -OCH3 is 1. The van der Waals surface area contributed by atoms with Crippen molar-refractivity contribution >= 4 is 11.0 Å². The van der Waals surface area contributed by atoms with Crippen LogP contribution in [0.25, 0.3) is 11.0 Å². The fourth-order valence-corrected chi connectivity index (χ4v) is 2.24. The zero-order chi connectivity index (χ0) is 14.1. The molecule has 0 spiro atoms. The summed E-state index contributed by atoms with van der Waals surface area (Å²) in [6.45, 7) is 0.322. The molecule has 5 heteroatoms. The standard InChI is InChI=1S/C15H13FN2O2/c1-20-12-5-6-14-13(8-12)17-15(19)18(14)9-10-3-2-4-11(16)7-10/h2-8H,9H2,1H3,(H,17,19). The molecule has 0 aliphatic heterocycles. The summed E-state index contributed by atoms with van der Waals surface area (Å²) in [5.74, 6) is 0.369. The molecule has 0 aliphatic carbocycles. The zero-order valence-electron chi connectivity index (χ0n) is 10.9. The Labute approximate surface area is 114 Å². The molecule has 4 nitrogen and oxygen atoms in total. The summed E-state index contributed by atoms with van der Waals surface area (Å²) in [5.41, 5.74) is 1.98. The molecule has 0 radical (unpaired) electrons. The molecule has 0 saturated carbocycles. The molecular formula is C15H13FN2O2. The number of hydrogen-bond acceptors (Lipinski definition) is 2. The molecule has 0 aliphatic rings. The van der Waals surface area contributed by atoms with Crippen molar-refractivity contribution in [3.63, 3.8) is 0 Å². The molecule has 0 unspecified atom stereocenters. The molecule has 0 amide bonds. The number of fused-ring (bicyclic) bond motifs is 1. The molecule has 0 fully saturated rings. The van der Waals surface area contributed by atoms with Gasteiger partial charge in [0.1, 0.15) is 11.6 Å². The molecule has 0 atom stereocenters. The number of ether oxygens (including phenoxy) is 1. The second-order valence-electron chi connectivity index (χ2n) is 4.53. The predicted octanol–water partition coefficient (Wildman–Crippen LogP) is 2.53. The number of nitrogens with zero attached hydrogens (tertiary/aromatic N) is 1. The Kier molecular flexibility index (Phi) is 3.02. The van der Waals surface area contributed by atoms with Gasteiger partial charge >= 0.3 is 5.69 Å². The number of hydrogen-bond donors (Lipinski definition) is 1. The highest BCUT2D eigenvalue weighted by Crippen LogP contribution is 2.18. The van der Waals surface area contributed by atoms with Crippen molar-refractivity contribution in [2.24, 2.45) is 0 Å². The van der Waals surface area contributed by atoms with Crippen molar-refractivity contribution in [3.8, 4) is 5.75 Å². The Hall–Kier alpha value is -2.56. The Morgan fingerprint density at radius 2 is 2.10 bits per heavy atom. The van der Waals surface area contributed by atoms with Gasteiger partial charge < -0.3 is 9.72 Å². The summed E-state index contributed by atoms with van der Waals surface area (Å²) in [4.78, 5) is 14.8. The highest BCUT2D eigenvalue weighted by atomic mass is 19.1. The van der Waals surface area contributed by atoms with Gasteiger partial charge in [0.05, 0.1) is 24.7 Å². The van der Waals surface area contributed by atoms with Crippen molar-refractivity contribution < 1.29 is 9.13 Å². The lowest BCUT2D eigenvalue weighted by Crippen LogP contribution is -2.17. The summed E-state index contributed by atoms with van der Waals surface area (Å²) < 4.78 is 19.9. The van der Waals surface area contributed by atoms with Gasteiger partial charge in [-0.15, -0.1) is 0 Å². The number of halogens is 1. The molecule has 3 rings (SSSR count). The van der Waals surface area contributed by atoms with Crippen molar-refractivity contribution in [3.05, 3.63) is 64.3 Å². The van der Waals surface area contributed by atoms with Gasteiger partial charge in [0.2, 0.25) is 0 Å². The first-order valence-corrected chi connectivity index (χ1v) is 6.18. The Balaban J connectivity index is 2.07. The van der Waals surface area contributed by atoms with E-state index in [0.29, 0.717) is 17.8 Å². The topological polar surface area (TPSA) is 47.0 Å². The maximum absolute atomic E-state index is 13.2. The fourth-order valence-electron chi connectivity index (χ4n) is 2.24. The molecule has 0 bridgehead atoms. The van der Waals surface area contributed by atoms with Crippen LogP contribution in [0.5, 0.6) is 5.75 Å². The SMILES string of the molecule is COc1ccc2c(c1)[nH]c(=O)n2Cc1cccc(F)c1. The van der Waals surface area contributed by atoms with E-state index in [1.165, 1.54) is 12.1 Å². The summed E-state index contributed by atoms with van der Waals surface area (Å²) in [7, 11) is 1.57. The Bertz CT molecular complexity index is 820. The van der Waals surface area contributed by atoms with Gasteiger partial charge in [-0.25, -0.2) is 9.18 Å². The maximum atomic E-state index is 13.2. The average Bonchev–Trinajstić information content (AvgIpc) is 2.74. The second-order valence-corrected chi connectivity index (χ2v) is 4.53. The third kappa shape index (κ3) is 2.18. The molecule has 1 aromatic heterocycles. The lowest BCUT2D eigenvalue weighted by Gasteiger charge is -2.04. The molecule has 2 aromatic carbocycles. The normalized spacial score (nSPS) is 10.9. The first-order valence-electron chi connectivity index (χ1n) is 6.18. The van der Waals surface area contributed by atoms with E-state index in [1.807, 2.05) is 6.07 Å². The van der Waals surface area contributed by atoms with Gasteiger partial charge in [-0.05, 0) is 29.8 Å². The van der Waals surface area contributed by atoms with Crippen molar-refractivity contribution in [2.45, 2.75) is 6.54 Å². The van der Waals surface area contributed by atoms with E-state index in [-0.39, 0.29) is 11.5 Å². The third-order valence-electron chi connectivity index (χ3n) is 3.21. The van der Waals surface area contributed by atoms with Gasteiger partial charge in [0.25, 0.3) is 0 Å². The molecule has 102 valence electrons. The fraction of sp³-hybridized carbons (Fsp3) is 0.133. The van der Waals surface area contributed by atoms with Gasteiger partial charge in [0.15, 0.2) is 0 Å². The molecule has 1 heterocycles. The Morgan fingerprint density at radius 3 is 2.85 bits per heavy atom. The summed E-state index contributed by atoms with van der Waals surface area (Å²) in [6.07, 6.45) is 0. The van der Waals surface area contributed by atoms with Crippen LogP contribution in [0, 0.1) is 5.82 Å². The molecular weight excluding hydrogens is 259 g/mol. The number of aromatic nitrogens is 2. The quantitative estimate of drug-likeness (QED) is 0.796.